The van der Waals surface area contributed by atoms with Crippen LogP contribution in [0.3, 0.4) is 0 Å². The molecule has 0 saturated carbocycles. The van der Waals surface area contributed by atoms with Gasteiger partial charge in [0.05, 0.1) is 0 Å². The van der Waals surface area contributed by atoms with Crippen LogP contribution < -0.4 is 0 Å². The maximum atomic E-state index is 7.27. The summed E-state index contributed by atoms with van der Waals surface area (Å²) >= 11 is 0. The van der Waals surface area contributed by atoms with Crippen LogP contribution in [0.1, 0.15) is 55.4 Å². The van der Waals surface area contributed by atoms with Gasteiger partial charge < -0.3 is 12.3 Å². The summed E-state index contributed by atoms with van der Waals surface area (Å²) in [5.41, 5.74) is 0. The molecule has 0 aromatic rings. The molecule has 0 unspecified atom stereocenters. The van der Waals surface area contributed by atoms with Crippen molar-refractivity contribution >= 4 is 32.8 Å². The van der Waals surface area contributed by atoms with Crippen LogP contribution in [0.2, 0.25) is 48.4 Å². The Kier molecular flexibility index (Phi) is 7.98. The van der Waals surface area contributed by atoms with Crippen LogP contribution in [0.15, 0.2) is 0 Å². The monoisotopic (exact) mass is 392 g/mol. The van der Waals surface area contributed by atoms with Crippen LogP contribution >= 0.6 is 0 Å². The smallest absolute Gasteiger partial charge is 0.318 e. The molecule has 0 N–H and O–H groups in total. The van der Waals surface area contributed by atoms with E-state index in [0.717, 1.165) is 24.2 Å². The van der Waals surface area contributed by atoms with Crippen LogP contribution in [0.5, 0.6) is 0 Å². The van der Waals surface area contributed by atoms with Gasteiger partial charge in [0.2, 0.25) is 0 Å². The Bertz CT molecular complexity index is 328. The van der Waals surface area contributed by atoms with Gasteiger partial charge in [-0.25, -0.2) is 0 Å². The van der Waals surface area contributed by atoms with Crippen molar-refractivity contribution in [3.8, 4) is 0 Å². The summed E-state index contributed by atoms with van der Waals surface area (Å²) in [6, 6.07) is 9.12. The van der Waals surface area contributed by atoms with E-state index in [0.29, 0.717) is 0 Å². The molecule has 1 fully saturated rings. The Morgan fingerprint density at radius 2 is 0.652 bits per heavy atom. The predicted molar refractivity (Wildman–Crippen MR) is 110 cm³/mol. The van der Waals surface area contributed by atoms with Crippen LogP contribution in [0.25, 0.3) is 0 Å². The molecule has 0 radical (unpaired) electrons. The largest absolute Gasteiger partial charge is 0.436 e. The molecule has 0 bridgehead atoms. The first-order chi connectivity index (χ1) is 10.9. The minimum absolute atomic E-state index is 1.08. The first kappa shape index (κ1) is 21.8. The summed E-state index contributed by atoms with van der Waals surface area (Å²) in [5.74, 6) is 0. The average Bonchev–Trinajstić information content (AvgIpc) is 2.73. The lowest BCUT2D eigenvalue weighted by Crippen LogP contribution is -2.68. The van der Waals surface area contributed by atoms with Crippen molar-refractivity contribution in [1.82, 2.24) is 0 Å². The fourth-order valence-corrected chi connectivity index (χ4v) is 41.3. The summed E-state index contributed by atoms with van der Waals surface area (Å²) < 4.78 is 21.5. The molecule has 0 spiro atoms. The maximum absolute atomic E-state index is 7.27. The minimum Gasteiger partial charge on any atom is -0.436 e. The topological polar surface area (TPSA) is 27.7 Å². The van der Waals surface area contributed by atoms with E-state index >= 15 is 0 Å². The van der Waals surface area contributed by atoms with Crippen molar-refractivity contribution in [2.75, 3.05) is 0 Å². The molecule has 138 valence electrons. The Labute approximate surface area is 149 Å². The summed E-state index contributed by atoms with van der Waals surface area (Å²) in [6.07, 6.45) is 0. The highest BCUT2D eigenvalue weighted by atomic mass is 29.3. The van der Waals surface area contributed by atoms with Crippen molar-refractivity contribution < 1.29 is 12.3 Å². The molecule has 0 aliphatic carbocycles. The summed E-state index contributed by atoms with van der Waals surface area (Å²) in [5, 5.41) is 0. The molecule has 1 saturated heterocycles. The van der Waals surface area contributed by atoms with Gasteiger partial charge in [0.25, 0.3) is 0 Å². The maximum Gasteiger partial charge on any atom is 0.318 e. The second kappa shape index (κ2) is 8.42. The molecule has 1 aliphatic heterocycles. The first-order valence-electron chi connectivity index (χ1n) is 9.96. The normalized spacial score (nSPS) is 25.0. The van der Waals surface area contributed by atoms with Gasteiger partial charge in [-0.3, -0.25) is 0 Å². The van der Waals surface area contributed by atoms with Crippen LogP contribution in [0, 0.1) is 0 Å². The van der Waals surface area contributed by atoms with E-state index in [1.54, 1.807) is 0 Å². The van der Waals surface area contributed by atoms with E-state index in [1.165, 1.54) is 24.2 Å². The van der Waals surface area contributed by atoms with E-state index in [4.69, 9.17) is 12.3 Å². The van der Waals surface area contributed by atoms with Crippen molar-refractivity contribution in [3.05, 3.63) is 0 Å². The highest BCUT2D eigenvalue weighted by Gasteiger charge is 2.64. The SMILES string of the molecule is CC[Si]1(CC)O[Si](CC)(CC)O[Si](CC)(CC)[Si](CC)(CC)O1. The fraction of sp³-hybridized carbons (Fsp3) is 1.00. The molecule has 0 aromatic heterocycles. The Morgan fingerprint density at radius 1 is 0.391 bits per heavy atom. The molecule has 1 aliphatic rings. The van der Waals surface area contributed by atoms with Crippen LogP contribution in [-0.2, 0) is 12.3 Å². The molecule has 3 nitrogen and oxygen atoms in total. The molecule has 23 heavy (non-hydrogen) atoms. The second-order valence-electron chi connectivity index (χ2n) is 6.94. The van der Waals surface area contributed by atoms with Gasteiger partial charge in [0.1, 0.15) is 0 Å². The number of hydrogen-bond donors (Lipinski definition) is 0. The van der Waals surface area contributed by atoms with E-state index in [-0.39, 0.29) is 0 Å². The Balaban J connectivity index is 3.58. The zero-order valence-corrected chi connectivity index (χ0v) is 20.9. The average molecular weight is 393 g/mol. The third-order valence-corrected chi connectivity index (χ3v) is 37.1. The molecular formula is C16H40O3Si4. The van der Waals surface area contributed by atoms with Crippen molar-refractivity contribution in [2.45, 2.75) is 104 Å². The van der Waals surface area contributed by atoms with E-state index in [2.05, 4.69) is 55.4 Å². The van der Waals surface area contributed by atoms with Gasteiger partial charge in [-0.2, -0.15) is 0 Å². The van der Waals surface area contributed by atoms with E-state index < -0.39 is 32.8 Å². The van der Waals surface area contributed by atoms with Gasteiger partial charge in [-0.1, -0.05) is 55.4 Å². The molecule has 0 aromatic carbocycles. The lowest BCUT2D eigenvalue weighted by Gasteiger charge is -2.47. The molecular weight excluding hydrogens is 353 g/mol. The van der Waals surface area contributed by atoms with E-state index in [1.807, 2.05) is 0 Å². The third kappa shape index (κ3) is 3.66. The zero-order chi connectivity index (χ0) is 17.8. The molecule has 0 atom stereocenters. The Morgan fingerprint density at radius 3 is 0.826 bits per heavy atom. The Hall–Kier alpha value is 0.748. The van der Waals surface area contributed by atoms with Crippen LogP contribution in [0.4, 0.5) is 0 Å². The van der Waals surface area contributed by atoms with Gasteiger partial charge in [0.15, 0.2) is 15.7 Å². The summed E-state index contributed by atoms with van der Waals surface area (Å²) in [4.78, 5) is 0. The van der Waals surface area contributed by atoms with Crippen molar-refractivity contribution in [1.29, 1.82) is 0 Å². The lowest BCUT2D eigenvalue weighted by molar-refractivity contribution is 0.328. The van der Waals surface area contributed by atoms with E-state index in [9.17, 15) is 0 Å². The molecule has 7 heteroatoms. The fourth-order valence-electron chi connectivity index (χ4n) is 4.43. The highest BCUT2D eigenvalue weighted by Crippen LogP contribution is 2.46. The second-order valence-corrected chi connectivity index (χ2v) is 28.1. The third-order valence-electron chi connectivity index (χ3n) is 6.40. The predicted octanol–water partition coefficient (Wildman–Crippen LogP) is 6.06. The summed E-state index contributed by atoms with van der Waals surface area (Å²) in [6.45, 7) is 18.6. The molecule has 1 heterocycles. The van der Waals surface area contributed by atoms with Gasteiger partial charge in [0, 0.05) is 0 Å². The highest BCUT2D eigenvalue weighted by molar-refractivity contribution is 7.40. The minimum atomic E-state index is -2.12. The zero-order valence-electron chi connectivity index (χ0n) is 16.9. The summed E-state index contributed by atoms with van der Waals surface area (Å²) in [7, 11) is -7.99. The molecule has 0 amide bonds. The number of hydrogen-bond acceptors (Lipinski definition) is 3. The van der Waals surface area contributed by atoms with Gasteiger partial charge in [-0.15, -0.1) is 0 Å². The molecule has 1 rings (SSSR count). The van der Waals surface area contributed by atoms with Gasteiger partial charge in [-0.05, 0) is 48.4 Å². The van der Waals surface area contributed by atoms with Crippen molar-refractivity contribution in [2.24, 2.45) is 0 Å². The van der Waals surface area contributed by atoms with Crippen molar-refractivity contribution in [3.63, 3.8) is 0 Å². The van der Waals surface area contributed by atoms with Gasteiger partial charge >= 0.3 is 17.1 Å². The number of rotatable bonds is 8. The first-order valence-corrected chi connectivity index (χ1v) is 20.1. The standard InChI is InChI=1S/C16H40O3Si4/c1-9-20(10-2)17-21(11-3,12-4)19-23(15-7,16-8)22(13-5,14-6)18-20/h9-16H2,1-8H3. The lowest BCUT2D eigenvalue weighted by atomic mass is 10.9. The quantitative estimate of drug-likeness (QED) is 0.470. The van der Waals surface area contributed by atoms with Crippen LogP contribution in [-0.4, -0.2) is 32.8 Å².